The number of carbonyl (C=O) groups is 1. The zero-order valence-corrected chi connectivity index (χ0v) is 8.42. The van der Waals surface area contributed by atoms with Gasteiger partial charge in [0.15, 0.2) is 0 Å². The summed E-state index contributed by atoms with van der Waals surface area (Å²) in [6, 6.07) is -0.424. The smallest absolute Gasteiger partial charge is 0.320 e. The van der Waals surface area contributed by atoms with Crippen LogP contribution in [0.4, 0.5) is 0 Å². The van der Waals surface area contributed by atoms with E-state index in [1.54, 1.807) is 0 Å². The molecule has 0 bridgehead atoms. The van der Waals surface area contributed by atoms with Crippen molar-refractivity contribution in [3.8, 4) is 0 Å². The molecule has 1 unspecified atom stereocenters. The Balaban J connectivity index is 3.74. The summed E-state index contributed by atoms with van der Waals surface area (Å²) >= 11 is 0. The highest BCUT2D eigenvalue weighted by molar-refractivity contribution is 5.73. The largest absolute Gasteiger partial charge is 0.480 e. The van der Waals surface area contributed by atoms with Gasteiger partial charge in [-0.3, -0.25) is 4.79 Å². The molecule has 0 spiro atoms. The maximum atomic E-state index is 10.7. The van der Waals surface area contributed by atoms with Crippen LogP contribution in [0.25, 0.3) is 0 Å². The lowest BCUT2D eigenvalue weighted by Crippen LogP contribution is -2.38. The lowest BCUT2D eigenvalue weighted by Gasteiger charge is -2.15. The molecular formula is C9H20N2O2. The maximum Gasteiger partial charge on any atom is 0.320 e. The minimum absolute atomic E-state index is 0.395. The number of nitrogens with one attached hydrogen (secondary N) is 1. The van der Waals surface area contributed by atoms with E-state index in [1.165, 1.54) is 0 Å². The molecule has 0 radical (unpaired) electrons. The average molecular weight is 188 g/mol. The summed E-state index contributed by atoms with van der Waals surface area (Å²) in [7, 11) is 0. The molecule has 0 saturated heterocycles. The molecule has 0 saturated carbocycles. The number of aliphatic carboxylic acids is 1. The Labute approximate surface area is 79.5 Å². The molecule has 0 heterocycles. The fourth-order valence-corrected chi connectivity index (χ4v) is 1.12. The van der Waals surface area contributed by atoms with Crippen LogP contribution >= 0.6 is 0 Å². The maximum absolute atomic E-state index is 10.7. The van der Waals surface area contributed by atoms with Crippen LogP contribution in [-0.4, -0.2) is 30.2 Å². The van der Waals surface area contributed by atoms with Crippen molar-refractivity contribution < 1.29 is 9.90 Å². The van der Waals surface area contributed by atoms with Crippen molar-refractivity contribution in [1.82, 2.24) is 5.32 Å². The second-order valence-corrected chi connectivity index (χ2v) is 3.62. The van der Waals surface area contributed by atoms with Crippen LogP contribution in [0.1, 0.15) is 26.7 Å². The van der Waals surface area contributed by atoms with E-state index in [1.807, 2.05) is 13.8 Å². The third kappa shape index (κ3) is 6.54. The summed E-state index contributed by atoms with van der Waals surface area (Å²) in [4.78, 5) is 10.7. The Morgan fingerprint density at radius 3 is 2.54 bits per heavy atom. The van der Waals surface area contributed by atoms with Crippen LogP contribution in [-0.2, 0) is 4.79 Å². The molecule has 0 amide bonds. The van der Waals surface area contributed by atoms with Crippen molar-refractivity contribution in [2.24, 2.45) is 11.7 Å². The van der Waals surface area contributed by atoms with E-state index in [-0.39, 0.29) is 0 Å². The molecule has 4 N–H and O–H groups in total. The quantitative estimate of drug-likeness (QED) is 0.506. The van der Waals surface area contributed by atoms with Crippen molar-refractivity contribution in [1.29, 1.82) is 0 Å². The molecule has 0 aromatic carbocycles. The van der Waals surface area contributed by atoms with Gasteiger partial charge in [-0.25, -0.2) is 0 Å². The topological polar surface area (TPSA) is 75.3 Å². The Hall–Kier alpha value is -0.610. The standard InChI is InChI=1S/C9H20N2O2/c1-7(2)6-8(9(12)13)11-5-3-4-10/h7-8,11H,3-6,10H2,1-2H3,(H,12,13). The summed E-state index contributed by atoms with van der Waals surface area (Å²) < 4.78 is 0. The predicted octanol–water partition coefficient (Wildman–Crippen LogP) is 0.424. The third-order valence-corrected chi connectivity index (χ3v) is 1.78. The van der Waals surface area contributed by atoms with Crippen molar-refractivity contribution >= 4 is 5.97 Å². The van der Waals surface area contributed by atoms with Crippen LogP contribution in [0.15, 0.2) is 0 Å². The van der Waals surface area contributed by atoms with Gasteiger partial charge in [-0.2, -0.15) is 0 Å². The van der Waals surface area contributed by atoms with Gasteiger partial charge in [0.2, 0.25) is 0 Å². The van der Waals surface area contributed by atoms with Gasteiger partial charge in [-0.05, 0) is 31.8 Å². The van der Waals surface area contributed by atoms with Crippen LogP contribution in [0.5, 0.6) is 0 Å². The highest BCUT2D eigenvalue weighted by Gasteiger charge is 2.17. The monoisotopic (exact) mass is 188 g/mol. The Morgan fingerprint density at radius 2 is 2.15 bits per heavy atom. The van der Waals surface area contributed by atoms with Crippen LogP contribution in [0.2, 0.25) is 0 Å². The number of carboxylic acids is 1. The van der Waals surface area contributed by atoms with Crippen LogP contribution in [0, 0.1) is 5.92 Å². The molecule has 0 rings (SSSR count). The second-order valence-electron chi connectivity index (χ2n) is 3.62. The van der Waals surface area contributed by atoms with Crippen molar-refractivity contribution in [2.45, 2.75) is 32.7 Å². The first-order chi connectivity index (χ1) is 6.07. The Morgan fingerprint density at radius 1 is 1.54 bits per heavy atom. The van der Waals surface area contributed by atoms with E-state index in [9.17, 15) is 4.79 Å². The summed E-state index contributed by atoms with van der Waals surface area (Å²) in [5.41, 5.74) is 5.30. The van der Waals surface area contributed by atoms with Gasteiger partial charge in [-0.1, -0.05) is 13.8 Å². The molecule has 0 aromatic rings. The molecule has 0 aromatic heterocycles. The van der Waals surface area contributed by atoms with Gasteiger partial charge in [0.05, 0.1) is 0 Å². The van der Waals surface area contributed by atoms with Gasteiger partial charge in [-0.15, -0.1) is 0 Å². The van der Waals surface area contributed by atoms with Gasteiger partial charge in [0.25, 0.3) is 0 Å². The van der Waals surface area contributed by atoms with Gasteiger partial charge in [0.1, 0.15) is 6.04 Å². The molecule has 78 valence electrons. The zero-order valence-electron chi connectivity index (χ0n) is 8.42. The van der Waals surface area contributed by atoms with E-state index < -0.39 is 12.0 Å². The third-order valence-electron chi connectivity index (χ3n) is 1.78. The van der Waals surface area contributed by atoms with E-state index in [2.05, 4.69) is 5.32 Å². The van der Waals surface area contributed by atoms with Crippen LogP contribution in [0.3, 0.4) is 0 Å². The molecule has 13 heavy (non-hydrogen) atoms. The minimum atomic E-state index is -0.772. The fraction of sp³-hybridized carbons (Fsp3) is 0.889. The SMILES string of the molecule is CC(C)CC(NCCCN)C(=O)O. The number of hydrogen-bond donors (Lipinski definition) is 3. The average Bonchev–Trinajstić information content (AvgIpc) is 2.02. The number of hydrogen-bond acceptors (Lipinski definition) is 3. The van der Waals surface area contributed by atoms with Gasteiger partial charge in [0, 0.05) is 0 Å². The molecular weight excluding hydrogens is 168 g/mol. The van der Waals surface area contributed by atoms with Crippen molar-refractivity contribution in [3.05, 3.63) is 0 Å². The van der Waals surface area contributed by atoms with Gasteiger partial charge >= 0.3 is 5.97 Å². The van der Waals surface area contributed by atoms with E-state index in [0.717, 1.165) is 6.42 Å². The number of carboxylic acid groups (broad SMARTS) is 1. The Kier molecular flexibility index (Phi) is 6.54. The van der Waals surface area contributed by atoms with E-state index in [4.69, 9.17) is 10.8 Å². The Bertz CT molecular complexity index is 149. The molecule has 0 fully saturated rings. The number of rotatable bonds is 7. The first-order valence-electron chi connectivity index (χ1n) is 4.74. The summed E-state index contributed by atoms with van der Waals surface area (Å²) in [5, 5.41) is 11.8. The second kappa shape index (κ2) is 6.86. The minimum Gasteiger partial charge on any atom is -0.480 e. The van der Waals surface area contributed by atoms with Crippen molar-refractivity contribution in [2.75, 3.05) is 13.1 Å². The molecule has 1 atom stereocenters. The summed E-state index contributed by atoms with van der Waals surface area (Å²) in [5.74, 6) is -0.378. The van der Waals surface area contributed by atoms with Crippen LogP contribution < -0.4 is 11.1 Å². The molecule has 4 heteroatoms. The number of nitrogens with two attached hydrogens (primary N) is 1. The van der Waals surface area contributed by atoms with Crippen molar-refractivity contribution in [3.63, 3.8) is 0 Å². The molecule has 0 aliphatic carbocycles. The predicted molar refractivity (Wildman–Crippen MR) is 52.6 cm³/mol. The first kappa shape index (κ1) is 12.4. The van der Waals surface area contributed by atoms with E-state index in [0.29, 0.717) is 25.4 Å². The lowest BCUT2D eigenvalue weighted by molar-refractivity contribution is -0.139. The lowest BCUT2D eigenvalue weighted by atomic mass is 10.0. The van der Waals surface area contributed by atoms with Gasteiger partial charge < -0.3 is 16.2 Å². The van der Waals surface area contributed by atoms with E-state index >= 15 is 0 Å². The highest BCUT2D eigenvalue weighted by Crippen LogP contribution is 2.04. The highest BCUT2D eigenvalue weighted by atomic mass is 16.4. The first-order valence-corrected chi connectivity index (χ1v) is 4.74. The summed E-state index contributed by atoms with van der Waals surface area (Å²) in [6.07, 6.45) is 1.49. The molecule has 4 nitrogen and oxygen atoms in total. The molecule has 0 aliphatic rings. The summed E-state index contributed by atoms with van der Waals surface area (Å²) in [6.45, 7) is 5.31. The normalized spacial score (nSPS) is 13.2. The zero-order chi connectivity index (χ0) is 10.3. The fourth-order valence-electron chi connectivity index (χ4n) is 1.12. The molecule has 0 aliphatic heterocycles.